The topological polar surface area (TPSA) is 124 Å². The fraction of sp³-hybridized carbons (Fsp3) is 0.333. The highest BCUT2D eigenvalue weighted by molar-refractivity contribution is 7.92. The molecule has 1 aliphatic rings. The van der Waals surface area contributed by atoms with E-state index in [4.69, 9.17) is 30.5 Å². The molecule has 52 heavy (non-hydrogen) atoms. The summed E-state index contributed by atoms with van der Waals surface area (Å²) < 4.78 is 52.3. The molecule has 2 amide bonds. The van der Waals surface area contributed by atoms with Crippen LogP contribution in [0.4, 0.5) is 5.69 Å². The van der Waals surface area contributed by atoms with Gasteiger partial charge in [-0.3, -0.25) is 13.9 Å². The summed E-state index contributed by atoms with van der Waals surface area (Å²) in [5.41, 5.74) is 1.48. The molecule has 11 nitrogen and oxygen atoms in total. The van der Waals surface area contributed by atoms with E-state index in [0.717, 1.165) is 35.6 Å². The summed E-state index contributed by atoms with van der Waals surface area (Å²) >= 11 is 6.64. The molecule has 0 radical (unpaired) electrons. The molecule has 0 heterocycles. The number of methoxy groups -OCH3 is 4. The Labute approximate surface area is 310 Å². The van der Waals surface area contributed by atoms with Crippen molar-refractivity contribution in [3.8, 4) is 23.0 Å². The second-order valence-electron chi connectivity index (χ2n) is 12.4. The van der Waals surface area contributed by atoms with Gasteiger partial charge >= 0.3 is 0 Å². The summed E-state index contributed by atoms with van der Waals surface area (Å²) in [4.78, 5) is 30.5. The lowest BCUT2D eigenvalue weighted by Gasteiger charge is -2.34. The van der Waals surface area contributed by atoms with Gasteiger partial charge in [0, 0.05) is 36.2 Å². The Morgan fingerprint density at radius 1 is 0.808 bits per heavy atom. The number of amides is 2. The average Bonchev–Trinajstić information content (AvgIpc) is 3.68. The van der Waals surface area contributed by atoms with E-state index in [1.807, 2.05) is 30.3 Å². The number of rotatable bonds is 16. The molecule has 276 valence electrons. The highest BCUT2D eigenvalue weighted by Crippen LogP contribution is 2.38. The third kappa shape index (κ3) is 8.91. The van der Waals surface area contributed by atoms with Gasteiger partial charge in [-0.05, 0) is 54.3 Å². The van der Waals surface area contributed by atoms with Crippen molar-refractivity contribution in [3.63, 3.8) is 0 Å². The van der Waals surface area contributed by atoms with Crippen LogP contribution in [-0.4, -0.2) is 72.2 Å². The number of hydrogen-bond donors (Lipinski definition) is 1. The Bertz CT molecular complexity index is 1950. The van der Waals surface area contributed by atoms with Gasteiger partial charge in [0.1, 0.15) is 24.1 Å². The number of benzene rings is 4. The highest BCUT2D eigenvalue weighted by atomic mass is 35.5. The fourth-order valence-electron chi connectivity index (χ4n) is 6.34. The van der Waals surface area contributed by atoms with Crippen LogP contribution in [0.25, 0.3) is 0 Å². The predicted octanol–water partition coefficient (Wildman–Crippen LogP) is 6.27. The van der Waals surface area contributed by atoms with Crippen molar-refractivity contribution in [1.29, 1.82) is 0 Å². The lowest BCUT2D eigenvalue weighted by Crippen LogP contribution is -2.54. The van der Waals surface area contributed by atoms with Crippen LogP contribution in [-0.2, 0) is 32.6 Å². The SMILES string of the molecule is COc1ccc(OC)c(N(CC(=O)N(Cc2ccccc2Cl)[C@H](Cc2ccccc2)C(=O)NC2CCCC2)S(=O)(=O)c2ccc(OC)c(OC)c2)c1. The number of carbonyl (C=O) groups excluding carboxylic acids is 2. The highest BCUT2D eigenvalue weighted by Gasteiger charge is 2.37. The number of sulfonamides is 1. The summed E-state index contributed by atoms with van der Waals surface area (Å²) in [6.07, 6.45) is 3.87. The van der Waals surface area contributed by atoms with E-state index in [-0.39, 0.29) is 47.0 Å². The van der Waals surface area contributed by atoms with Crippen molar-refractivity contribution in [2.75, 3.05) is 39.3 Å². The molecule has 1 atom stereocenters. The number of anilines is 1. The average molecular weight is 750 g/mol. The van der Waals surface area contributed by atoms with E-state index in [0.29, 0.717) is 22.1 Å². The molecule has 0 unspecified atom stereocenters. The van der Waals surface area contributed by atoms with Gasteiger partial charge in [0.25, 0.3) is 10.0 Å². The van der Waals surface area contributed by atoms with Crippen LogP contribution < -0.4 is 28.6 Å². The van der Waals surface area contributed by atoms with Crippen LogP contribution in [0.2, 0.25) is 5.02 Å². The standard InChI is InChI=1S/C39H44ClN3O8S/c1-48-30-18-20-35(49-2)33(23-30)43(52(46,47)31-19-21-36(50-3)37(24-31)51-4)26-38(44)42(25-28-14-8-11-17-32(28)40)34(22-27-12-6-5-7-13-27)39(45)41-29-15-9-10-16-29/h5-8,11-14,17-21,23-24,29,34H,9-10,15-16,22,25-26H2,1-4H3,(H,41,45)/t34-/m1/s1. The maximum atomic E-state index is 15.0. The number of carbonyl (C=O) groups is 2. The minimum Gasteiger partial charge on any atom is -0.497 e. The van der Waals surface area contributed by atoms with E-state index in [1.54, 1.807) is 36.4 Å². The van der Waals surface area contributed by atoms with Crippen LogP contribution in [0.15, 0.2) is 95.9 Å². The van der Waals surface area contributed by atoms with Gasteiger partial charge in [-0.25, -0.2) is 8.42 Å². The Kier molecular flexibility index (Phi) is 12.9. The van der Waals surface area contributed by atoms with Gasteiger partial charge in [-0.15, -0.1) is 0 Å². The molecule has 1 fully saturated rings. The minimum absolute atomic E-state index is 0.0222. The molecule has 1 N–H and O–H groups in total. The van der Waals surface area contributed by atoms with Crippen LogP contribution in [0, 0.1) is 0 Å². The normalized spacial score (nSPS) is 13.6. The second-order valence-corrected chi connectivity index (χ2v) is 14.6. The summed E-state index contributed by atoms with van der Waals surface area (Å²) in [6.45, 7) is -0.764. The molecule has 0 saturated heterocycles. The molecule has 0 aliphatic heterocycles. The fourth-order valence-corrected chi connectivity index (χ4v) is 7.97. The zero-order valence-corrected chi connectivity index (χ0v) is 31.3. The summed E-state index contributed by atoms with van der Waals surface area (Å²) in [7, 11) is 1.18. The first kappa shape index (κ1) is 38.3. The first-order valence-corrected chi connectivity index (χ1v) is 18.7. The molecule has 1 saturated carbocycles. The number of nitrogens with zero attached hydrogens (tertiary/aromatic N) is 2. The van der Waals surface area contributed by atoms with Gasteiger partial charge < -0.3 is 29.2 Å². The molecule has 13 heteroatoms. The summed E-state index contributed by atoms with van der Waals surface area (Å²) in [5.74, 6) is 0.0442. The third-order valence-corrected chi connectivity index (χ3v) is 11.3. The predicted molar refractivity (Wildman–Crippen MR) is 200 cm³/mol. The maximum Gasteiger partial charge on any atom is 0.265 e. The zero-order chi connectivity index (χ0) is 37.3. The molecule has 4 aromatic rings. The largest absolute Gasteiger partial charge is 0.497 e. The molecular formula is C39H44ClN3O8S. The zero-order valence-electron chi connectivity index (χ0n) is 29.7. The Balaban J connectivity index is 1.65. The van der Waals surface area contributed by atoms with Gasteiger partial charge in [-0.2, -0.15) is 0 Å². The maximum absolute atomic E-state index is 15.0. The minimum atomic E-state index is -4.51. The summed E-state index contributed by atoms with van der Waals surface area (Å²) in [6, 6.07) is 24.3. The molecule has 5 rings (SSSR count). The van der Waals surface area contributed by atoms with Gasteiger partial charge in [0.15, 0.2) is 11.5 Å². The Morgan fingerprint density at radius 2 is 1.46 bits per heavy atom. The molecule has 0 bridgehead atoms. The molecule has 1 aliphatic carbocycles. The Morgan fingerprint density at radius 3 is 2.12 bits per heavy atom. The number of ether oxygens (including phenoxy) is 4. The van der Waals surface area contributed by atoms with Crippen LogP contribution in [0.3, 0.4) is 0 Å². The van der Waals surface area contributed by atoms with Crippen molar-refractivity contribution in [1.82, 2.24) is 10.2 Å². The number of halogens is 1. The van der Waals surface area contributed by atoms with Crippen LogP contribution >= 0.6 is 11.6 Å². The van der Waals surface area contributed by atoms with E-state index in [1.165, 1.54) is 57.6 Å². The first-order valence-electron chi connectivity index (χ1n) is 16.9. The van der Waals surface area contributed by atoms with E-state index < -0.39 is 28.5 Å². The number of hydrogen-bond acceptors (Lipinski definition) is 8. The molecular weight excluding hydrogens is 706 g/mol. The van der Waals surface area contributed by atoms with Crippen LogP contribution in [0.1, 0.15) is 36.8 Å². The molecule has 0 spiro atoms. The van der Waals surface area contributed by atoms with E-state index in [9.17, 15) is 18.0 Å². The smallest absolute Gasteiger partial charge is 0.265 e. The van der Waals surface area contributed by atoms with Gasteiger partial charge in [0.2, 0.25) is 11.8 Å². The summed E-state index contributed by atoms with van der Waals surface area (Å²) in [5, 5.41) is 3.57. The number of nitrogens with one attached hydrogen (secondary N) is 1. The monoisotopic (exact) mass is 749 g/mol. The van der Waals surface area contributed by atoms with Crippen molar-refractivity contribution in [2.45, 2.75) is 55.6 Å². The lowest BCUT2D eigenvalue weighted by molar-refractivity contribution is -0.140. The lowest BCUT2D eigenvalue weighted by atomic mass is 10.0. The van der Waals surface area contributed by atoms with E-state index in [2.05, 4.69) is 5.32 Å². The second kappa shape index (κ2) is 17.5. The van der Waals surface area contributed by atoms with Crippen molar-refractivity contribution < 1.29 is 37.0 Å². The van der Waals surface area contributed by atoms with Crippen molar-refractivity contribution in [3.05, 3.63) is 107 Å². The molecule has 4 aromatic carbocycles. The first-order chi connectivity index (χ1) is 25.1. The molecule has 0 aromatic heterocycles. The van der Waals surface area contributed by atoms with Crippen molar-refractivity contribution >= 4 is 39.1 Å². The van der Waals surface area contributed by atoms with Gasteiger partial charge in [-0.1, -0.05) is 73.0 Å². The third-order valence-electron chi connectivity index (χ3n) is 9.15. The van der Waals surface area contributed by atoms with E-state index >= 15 is 0 Å². The van der Waals surface area contributed by atoms with Crippen LogP contribution in [0.5, 0.6) is 23.0 Å². The quantitative estimate of drug-likeness (QED) is 0.142. The Hall–Kier alpha value is -4.94. The van der Waals surface area contributed by atoms with Gasteiger partial charge in [0.05, 0.1) is 39.0 Å². The van der Waals surface area contributed by atoms with Crippen molar-refractivity contribution in [2.24, 2.45) is 0 Å².